The third-order valence-electron chi connectivity index (χ3n) is 4.70. The fourth-order valence-corrected chi connectivity index (χ4v) is 3.26. The standard InChI is InChI=1S/C19H19FN4O3/c1-10-7-11(5-6-12(10)20)15-8-16(24-23-15)19(26)22-14-4-2-3-13-18(14)27-9-17(25)21-13/h2-7,15-16,23-24H,8-9H2,1H3,(H,21,25)(H,22,26). The molecule has 0 spiro atoms. The van der Waals surface area contributed by atoms with E-state index in [1.165, 1.54) is 6.07 Å². The Morgan fingerprint density at radius 1 is 1.26 bits per heavy atom. The summed E-state index contributed by atoms with van der Waals surface area (Å²) in [5.41, 5.74) is 8.58. The van der Waals surface area contributed by atoms with Crippen LogP contribution in [-0.4, -0.2) is 24.5 Å². The van der Waals surface area contributed by atoms with Gasteiger partial charge < -0.3 is 15.4 Å². The van der Waals surface area contributed by atoms with Gasteiger partial charge in [0.25, 0.3) is 5.91 Å². The first-order valence-electron chi connectivity index (χ1n) is 8.65. The summed E-state index contributed by atoms with van der Waals surface area (Å²) < 4.78 is 18.9. The molecule has 0 aromatic heterocycles. The van der Waals surface area contributed by atoms with Crippen molar-refractivity contribution in [3.63, 3.8) is 0 Å². The number of carbonyl (C=O) groups is 2. The summed E-state index contributed by atoms with van der Waals surface area (Å²) in [5, 5.41) is 5.55. The lowest BCUT2D eigenvalue weighted by molar-refractivity contribution is -0.118. The van der Waals surface area contributed by atoms with E-state index in [2.05, 4.69) is 21.5 Å². The van der Waals surface area contributed by atoms with Gasteiger partial charge in [-0.1, -0.05) is 18.2 Å². The molecule has 8 heteroatoms. The van der Waals surface area contributed by atoms with Gasteiger partial charge in [-0.3, -0.25) is 9.59 Å². The number of amides is 2. The van der Waals surface area contributed by atoms with E-state index in [1.54, 1.807) is 37.3 Å². The molecular weight excluding hydrogens is 351 g/mol. The molecule has 2 atom stereocenters. The highest BCUT2D eigenvalue weighted by molar-refractivity contribution is 6.01. The molecule has 2 aliphatic rings. The number of benzene rings is 2. The fraction of sp³-hybridized carbons (Fsp3) is 0.263. The van der Waals surface area contributed by atoms with Gasteiger partial charge in [-0.2, -0.15) is 0 Å². The molecule has 140 valence electrons. The summed E-state index contributed by atoms with van der Waals surface area (Å²) in [6, 6.07) is 9.53. The van der Waals surface area contributed by atoms with Crippen molar-refractivity contribution in [1.82, 2.24) is 10.9 Å². The average molecular weight is 370 g/mol. The molecule has 0 saturated carbocycles. The monoisotopic (exact) mass is 370 g/mol. The van der Waals surface area contributed by atoms with Crippen molar-refractivity contribution < 1.29 is 18.7 Å². The molecule has 2 unspecified atom stereocenters. The van der Waals surface area contributed by atoms with E-state index >= 15 is 0 Å². The number of fused-ring (bicyclic) bond motifs is 1. The number of anilines is 2. The van der Waals surface area contributed by atoms with Crippen LogP contribution in [0.2, 0.25) is 0 Å². The van der Waals surface area contributed by atoms with Crippen molar-refractivity contribution in [2.75, 3.05) is 17.2 Å². The zero-order valence-electron chi connectivity index (χ0n) is 14.6. The van der Waals surface area contributed by atoms with Gasteiger partial charge in [-0.15, -0.1) is 0 Å². The molecule has 4 rings (SSSR count). The highest BCUT2D eigenvalue weighted by Crippen LogP contribution is 2.35. The van der Waals surface area contributed by atoms with Crippen LogP contribution in [0.4, 0.5) is 15.8 Å². The number of aryl methyl sites for hydroxylation is 1. The maximum atomic E-state index is 13.5. The predicted molar refractivity (Wildman–Crippen MR) is 97.8 cm³/mol. The first-order valence-corrected chi connectivity index (χ1v) is 8.65. The van der Waals surface area contributed by atoms with Crippen molar-refractivity contribution >= 4 is 23.2 Å². The third-order valence-corrected chi connectivity index (χ3v) is 4.70. The second-order valence-electron chi connectivity index (χ2n) is 6.65. The molecular formula is C19H19FN4O3. The number of hydrogen-bond acceptors (Lipinski definition) is 5. The lowest BCUT2D eigenvalue weighted by atomic mass is 10.00. The molecule has 2 heterocycles. The summed E-state index contributed by atoms with van der Waals surface area (Å²) >= 11 is 0. The minimum Gasteiger partial charge on any atom is -0.479 e. The molecule has 2 aromatic carbocycles. The Balaban J connectivity index is 1.45. The topological polar surface area (TPSA) is 91.5 Å². The maximum absolute atomic E-state index is 13.5. The molecule has 1 fully saturated rings. The molecule has 0 bridgehead atoms. The van der Waals surface area contributed by atoms with Crippen molar-refractivity contribution in [1.29, 1.82) is 0 Å². The number of carbonyl (C=O) groups excluding carboxylic acids is 2. The minimum absolute atomic E-state index is 0.0882. The van der Waals surface area contributed by atoms with Crippen molar-refractivity contribution in [2.24, 2.45) is 0 Å². The highest BCUT2D eigenvalue weighted by atomic mass is 19.1. The number of hydrogen-bond donors (Lipinski definition) is 4. The van der Waals surface area contributed by atoms with Gasteiger partial charge in [-0.05, 0) is 42.7 Å². The number of halogens is 1. The Kier molecular flexibility index (Phi) is 4.51. The van der Waals surface area contributed by atoms with Crippen LogP contribution >= 0.6 is 0 Å². The fourth-order valence-electron chi connectivity index (χ4n) is 3.26. The molecule has 2 aromatic rings. The van der Waals surface area contributed by atoms with E-state index < -0.39 is 6.04 Å². The zero-order valence-corrected chi connectivity index (χ0v) is 14.6. The highest BCUT2D eigenvalue weighted by Gasteiger charge is 2.31. The van der Waals surface area contributed by atoms with Crippen LogP contribution in [0.15, 0.2) is 36.4 Å². The predicted octanol–water partition coefficient (Wildman–Crippen LogP) is 2.01. The Labute approximate surface area is 155 Å². The van der Waals surface area contributed by atoms with Gasteiger partial charge in [0.1, 0.15) is 11.9 Å². The molecule has 2 aliphatic heterocycles. The van der Waals surface area contributed by atoms with E-state index in [4.69, 9.17) is 4.74 Å². The SMILES string of the molecule is Cc1cc(C2CC(C(=O)Nc3cccc4c3OCC(=O)N4)NN2)ccc1F. The van der Waals surface area contributed by atoms with Crippen LogP contribution in [0, 0.1) is 12.7 Å². The van der Waals surface area contributed by atoms with E-state index in [-0.39, 0.29) is 30.3 Å². The van der Waals surface area contributed by atoms with E-state index in [0.717, 1.165) is 5.56 Å². The summed E-state index contributed by atoms with van der Waals surface area (Å²) in [6.45, 7) is 1.62. The Morgan fingerprint density at radius 2 is 2.11 bits per heavy atom. The molecule has 0 radical (unpaired) electrons. The van der Waals surface area contributed by atoms with Crippen LogP contribution in [-0.2, 0) is 9.59 Å². The van der Waals surface area contributed by atoms with E-state index in [9.17, 15) is 14.0 Å². The summed E-state index contributed by atoms with van der Waals surface area (Å²) in [7, 11) is 0. The first-order chi connectivity index (χ1) is 13.0. The van der Waals surface area contributed by atoms with Crippen LogP contribution in [0.3, 0.4) is 0 Å². The van der Waals surface area contributed by atoms with Gasteiger partial charge in [0.05, 0.1) is 11.4 Å². The van der Waals surface area contributed by atoms with Crippen LogP contribution < -0.4 is 26.2 Å². The molecule has 7 nitrogen and oxygen atoms in total. The number of nitrogens with one attached hydrogen (secondary N) is 4. The van der Waals surface area contributed by atoms with Gasteiger partial charge in [0.15, 0.2) is 12.4 Å². The molecule has 27 heavy (non-hydrogen) atoms. The van der Waals surface area contributed by atoms with Gasteiger partial charge in [0.2, 0.25) is 5.91 Å². The van der Waals surface area contributed by atoms with Crippen molar-refractivity contribution in [3.05, 3.63) is 53.3 Å². The minimum atomic E-state index is -0.464. The summed E-state index contributed by atoms with van der Waals surface area (Å²) in [6.07, 6.45) is 0.517. The summed E-state index contributed by atoms with van der Waals surface area (Å²) in [5.74, 6) is -0.259. The largest absolute Gasteiger partial charge is 0.479 e. The lowest BCUT2D eigenvalue weighted by Crippen LogP contribution is -2.39. The van der Waals surface area contributed by atoms with Crippen molar-refractivity contribution in [3.8, 4) is 5.75 Å². The van der Waals surface area contributed by atoms with Crippen LogP contribution in [0.1, 0.15) is 23.6 Å². The maximum Gasteiger partial charge on any atom is 0.262 e. The first kappa shape index (κ1) is 17.4. The zero-order chi connectivity index (χ0) is 19.0. The Bertz CT molecular complexity index is 918. The number of para-hydroxylation sites is 1. The van der Waals surface area contributed by atoms with Gasteiger partial charge in [-0.25, -0.2) is 15.2 Å². The van der Waals surface area contributed by atoms with Gasteiger partial charge >= 0.3 is 0 Å². The molecule has 1 saturated heterocycles. The molecule has 4 N–H and O–H groups in total. The Hall–Kier alpha value is -2.97. The van der Waals surface area contributed by atoms with Crippen LogP contribution in [0.25, 0.3) is 0 Å². The van der Waals surface area contributed by atoms with Gasteiger partial charge in [0, 0.05) is 6.04 Å². The second-order valence-corrected chi connectivity index (χ2v) is 6.65. The van der Waals surface area contributed by atoms with Crippen molar-refractivity contribution in [2.45, 2.75) is 25.4 Å². The quantitative estimate of drug-likeness (QED) is 0.664. The number of ether oxygens (including phenoxy) is 1. The van der Waals surface area contributed by atoms with E-state index in [1.807, 2.05) is 0 Å². The van der Waals surface area contributed by atoms with E-state index in [0.29, 0.717) is 29.1 Å². The Morgan fingerprint density at radius 3 is 2.93 bits per heavy atom. The molecule has 2 amide bonds. The van der Waals surface area contributed by atoms with Crippen LogP contribution in [0.5, 0.6) is 5.75 Å². The number of rotatable bonds is 3. The molecule has 0 aliphatic carbocycles. The smallest absolute Gasteiger partial charge is 0.262 e. The average Bonchev–Trinajstić information content (AvgIpc) is 3.14. The number of hydrazine groups is 1. The lowest BCUT2D eigenvalue weighted by Gasteiger charge is -2.21. The second kappa shape index (κ2) is 6.98. The summed E-state index contributed by atoms with van der Waals surface area (Å²) in [4.78, 5) is 24.1. The normalized spacial score (nSPS) is 21.2. The third kappa shape index (κ3) is 3.49.